The van der Waals surface area contributed by atoms with Gasteiger partial charge in [0.1, 0.15) is 12.4 Å². The fourth-order valence-corrected chi connectivity index (χ4v) is 6.47. The zero-order valence-corrected chi connectivity index (χ0v) is 21.9. The predicted octanol–water partition coefficient (Wildman–Crippen LogP) is 6.94. The lowest BCUT2D eigenvalue weighted by Crippen LogP contribution is -2.51. The van der Waals surface area contributed by atoms with E-state index in [1.807, 2.05) is 48.5 Å². The first kappa shape index (κ1) is 25.3. The van der Waals surface area contributed by atoms with Gasteiger partial charge in [0.15, 0.2) is 0 Å². The second kappa shape index (κ2) is 11.4. The van der Waals surface area contributed by atoms with E-state index in [1.165, 1.54) is 0 Å². The number of nitrogens with two attached hydrogens (primary N) is 1. The fraction of sp³-hybridized carbons (Fsp3) is 0.500. The third-order valence-corrected chi connectivity index (χ3v) is 8.66. The van der Waals surface area contributed by atoms with E-state index < -0.39 is 0 Å². The molecule has 2 heterocycles. The van der Waals surface area contributed by atoms with Crippen molar-refractivity contribution < 1.29 is 14.2 Å². The van der Waals surface area contributed by atoms with Crippen LogP contribution in [0.2, 0.25) is 5.02 Å². The summed E-state index contributed by atoms with van der Waals surface area (Å²) >= 11 is 6.72. The number of halogens is 1. The van der Waals surface area contributed by atoms with Gasteiger partial charge in [-0.2, -0.15) is 0 Å². The summed E-state index contributed by atoms with van der Waals surface area (Å²) in [5, 5.41) is 2.49. The Kier molecular flexibility index (Phi) is 8.00. The SMILES string of the molecule is CCC(N)C1(C2CCOCC2)CCC(Oc2cc3ccnc(OCc4ccccc4)c3cc2Cl)CC1. The number of ether oxygens (including phenoxy) is 3. The van der Waals surface area contributed by atoms with Crippen LogP contribution in [0.4, 0.5) is 0 Å². The van der Waals surface area contributed by atoms with E-state index in [2.05, 4.69) is 11.9 Å². The van der Waals surface area contributed by atoms with E-state index in [1.54, 1.807) is 6.20 Å². The minimum absolute atomic E-state index is 0.146. The number of hydrogen-bond acceptors (Lipinski definition) is 5. The molecule has 1 saturated heterocycles. The fourth-order valence-electron chi connectivity index (χ4n) is 6.27. The van der Waals surface area contributed by atoms with E-state index >= 15 is 0 Å². The highest BCUT2D eigenvalue weighted by molar-refractivity contribution is 6.33. The van der Waals surface area contributed by atoms with Gasteiger partial charge in [-0.05, 0) is 85.4 Å². The van der Waals surface area contributed by atoms with Crippen molar-refractivity contribution in [1.82, 2.24) is 4.98 Å². The topological polar surface area (TPSA) is 66.6 Å². The van der Waals surface area contributed by atoms with Crippen LogP contribution >= 0.6 is 11.6 Å². The summed E-state index contributed by atoms with van der Waals surface area (Å²) in [6.45, 7) is 4.40. The largest absolute Gasteiger partial charge is 0.489 e. The van der Waals surface area contributed by atoms with Gasteiger partial charge in [0.05, 0.1) is 11.1 Å². The van der Waals surface area contributed by atoms with Crippen LogP contribution in [-0.2, 0) is 11.3 Å². The lowest BCUT2D eigenvalue weighted by molar-refractivity contribution is -0.0398. The summed E-state index contributed by atoms with van der Waals surface area (Å²) in [5.41, 5.74) is 8.05. The average molecular weight is 509 g/mol. The van der Waals surface area contributed by atoms with Crippen molar-refractivity contribution in [3.63, 3.8) is 0 Å². The Bertz CT molecular complexity index is 1140. The van der Waals surface area contributed by atoms with Gasteiger partial charge in [0.2, 0.25) is 5.88 Å². The summed E-state index contributed by atoms with van der Waals surface area (Å²) in [6, 6.07) is 16.2. The summed E-state index contributed by atoms with van der Waals surface area (Å²) < 4.78 is 18.2. The van der Waals surface area contributed by atoms with Crippen LogP contribution in [0, 0.1) is 11.3 Å². The van der Waals surface area contributed by atoms with Crippen LogP contribution in [0.3, 0.4) is 0 Å². The van der Waals surface area contributed by atoms with Gasteiger partial charge in [-0.3, -0.25) is 0 Å². The molecule has 2 fully saturated rings. The van der Waals surface area contributed by atoms with Crippen molar-refractivity contribution in [3.05, 3.63) is 65.3 Å². The summed E-state index contributed by atoms with van der Waals surface area (Å²) in [4.78, 5) is 4.45. The number of aromatic nitrogens is 1. The Morgan fingerprint density at radius 3 is 2.56 bits per heavy atom. The van der Waals surface area contributed by atoms with Crippen molar-refractivity contribution >= 4 is 22.4 Å². The smallest absolute Gasteiger partial charge is 0.221 e. The van der Waals surface area contributed by atoms with Crippen LogP contribution < -0.4 is 15.2 Å². The average Bonchev–Trinajstić information content (AvgIpc) is 2.93. The molecule has 36 heavy (non-hydrogen) atoms. The van der Waals surface area contributed by atoms with Gasteiger partial charge in [-0.25, -0.2) is 4.98 Å². The van der Waals surface area contributed by atoms with Gasteiger partial charge in [0, 0.05) is 30.8 Å². The number of hydrogen-bond donors (Lipinski definition) is 1. The van der Waals surface area contributed by atoms with Gasteiger partial charge in [-0.15, -0.1) is 0 Å². The van der Waals surface area contributed by atoms with Gasteiger partial charge < -0.3 is 19.9 Å². The molecular weight excluding hydrogens is 472 g/mol. The van der Waals surface area contributed by atoms with Crippen molar-refractivity contribution in [2.45, 2.75) is 70.6 Å². The second-order valence-corrected chi connectivity index (χ2v) is 10.8. The molecule has 6 heteroatoms. The molecule has 192 valence electrons. The number of benzene rings is 2. The minimum atomic E-state index is 0.146. The van der Waals surface area contributed by atoms with Crippen molar-refractivity contribution in [2.75, 3.05) is 13.2 Å². The molecule has 0 amide bonds. The molecule has 3 aromatic rings. The molecule has 1 saturated carbocycles. The number of fused-ring (bicyclic) bond motifs is 1. The maximum absolute atomic E-state index is 6.75. The monoisotopic (exact) mass is 508 g/mol. The van der Waals surface area contributed by atoms with Crippen molar-refractivity contribution in [3.8, 4) is 11.6 Å². The molecule has 0 spiro atoms. The normalized spacial score (nSPS) is 23.9. The molecule has 1 atom stereocenters. The van der Waals surface area contributed by atoms with Gasteiger partial charge in [-0.1, -0.05) is 48.9 Å². The van der Waals surface area contributed by atoms with E-state index in [4.69, 9.17) is 31.5 Å². The molecule has 5 nitrogen and oxygen atoms in total. The van der Waals surface area contributed by atoms with Crippen LogP contribution in [-0.4, -0.2) is 30.3 Å². The number of nitrogens with zero attached hydrogens (tertiary/aromatic N) is 1. The van der Waals surface area contributed by atoms with E-state index in [0.717, 1.165) is 80.2 Å². The zero-order chi connectivity index (χ0) is 25.0. The standard InChI is InChI=1S/C30H37ClN2O3/c1-2-28(32)30(23-11-16-34-17-12-23)13-8-24(9-14-30)36-27-18-22-10-15-33-29(25(22)19-26(27)31)35-20-21-6-4-3-5-7-21/h3-7,10,15,18-19,23-24,28H,2,8-9,11-14,16-17,20,32H2,1H3. The maximum Gasteiger partial charge on any atom is 0.221 e. The van der Waals surface area contributed by atoms with Crippen LogP contribution in [0.1, 0.15) is 57.4 Å². The highest BCUT2D eigenvalue weighted by atomic mass is 35.5. The molecule has 1 unspecified atom stereocenters. The third kappa shape index (κ3) is 5.34. The Balaban J connectivity index is 1.28. The van der Waals surface area contributed by atoms with Crippen molar-refractivity contribution in [1.29, 1.82) is 0 Å². The molecule has 2 N–H and O–H groups in total. The molecule has 1 aliphatic heterocycles. The molecule has 2 aromatic carbocycles. The Morgan fingerprint density at radius 2 is 1.83 bits per heavy atom. The first-order valence-electron chi connectivity index (χ1n) is 13.3. The highest BCUT2D eigenvalue weighted by Crippen LogP contribution is 2.50. The van der Waals surface area contributed by atoms with Crippen LogP contribution in [0.25, 0.3) is 10.8 Å². The Morgan fingerprint density at radius 1 is 1.08 bits per heavy atom. The zero-order valence-electron chi connectivity index (χ0n) is 21.1. The number of pyridine rings is 1. The molecular formula is C30H37ClN2O3. The predicted molar refractivity (Wildman–Crippen MR) is 145 cm³/mol. The van der Waals surface area contributed by atoms with E-state index in [9.17, 15) is 0 Å². The summed E-state index contributed by atoms with van der Waals surface area (Å²) in [7, 11) is 0. The lowest BCUT2D eigenvalue weighted by atomic mass is 9.59. The second-order valence-electron chi connectivity index (χ2n) is 10.3. The molecule has 1 aliphatic carbocycles. The Hall–Kier alpha value is -2.34. The van der Waals surface area contributed by atoms with Crippen LogP contribution in [0.15, 0.2) is 54.7 Å². The molecule has 0 bridgehead atoms. The minimum Gasteiger partial charge on any atom is -0.489 e. The van der Waals surface area contributed by atoms with E-state index in [0.29, 0.717) is 23.4 Å². The first-order chi connectivity index (χ1) is 17.6. The first-order valence-corrected chi connectivity index (χ1v) is 13.7. The summed E-state index contributed by atoms with van der Waals surface area (Å²) in [6.07, 6.45) is 9.39. The van der Waals surface area contributed by atoms with Crippen molar-refractivity contribution in [2.24, 2.45) is 17.1 Å². The molecule has 5 rings (SSSR count). The maximum atomic E-state index is 6.75. The quantitative estimate of drug-likeness (QED) is 0.357. The van der Waals surface area contributed by atoms with E-state index in [-0.39, 0.29) is 17.6 Å². The van der Waals surface area contributed by atoms with Gasteiger partial charge in [0.25, 0.3) is 0 Å². The molecule has 2 aliphatic rings. The van der Waals surface area contributed by atoms with Gasteiger partial charge >= 0.3 is 0 Å². The number of rotatable bonds is 8. The molecule has 0 radical (unpaired) electrons. The Labute approximate surface area is 219 Å². The third-order valence-electron chi connectivity index (χ3n) is 8.37. The molecule has 1 aromatic heterocycles. The summed E-state index contributed by atoms with van der Waals surface area (Å²) in [5.74, 6) is 1.96. The lowest BCUT2D eigenvalue weighted by Gasteiger charge is -2.50. The highest BCUT2D eigenvalue weighted by Gasteiger charge is 2.46. The van der Waals surface area contributed by atoms with Crippen LogP contribution in [0.5, 0.6) is 11.6 Å².